The Kier molecular flexibility index (Phi) is 5.00. The summed E-state index contributed by atoms with van der Waals surface area (Å²) in [5, 5.41) is 13.6. The first-order valence-electron chi connectivity index (χ1n) is 10.1. The van der Waals surface area contributed by atoms with Crippen LogP contribution in [0.4, 0.5) is 9.93 Å². The highest BCUT2D eigenvalue weighted by atomic mass is 32.1. The van der Waals surface area contributed by atoms with Crippen LogP contribution in [0.2, 0.25) is 0 Å². The van der Waals surface area contributed by atoms with E-state index in [-0.39, 0.29) is 6.10 Å². The van der Waals surface area contributed by atoms with Gasteiger partial charge in [0.2, 0.25) is 5.88 Å². The fourth-order valence-electron chi connectivity index (χ4n) is 3.86. The van der Waals surface area contributed by atoms with Gasteiger partial charge in [-0.25, -0.2) is 14.8 Å². The summed E-state index contributed by atoms with van der Waals surface area (Å²) < 4.78 is 7.38. The van der Waals surface area contributed by atoms with Gasteiger partial charge in [0.1, 0.15) is 6.10 Å². The lowest BCUT2D eigenvalue weighted by atomic mass is 9.89. The molecule has 1 saturated carbocycles. The Morgan fingerprint density at radius 1 is 1.23 bits per heavy atom. The average molecular weight is 423 g/mol. The van der Waals surface area contributed by atoms with Crippen molar-refractivity contribution in [3.05, 3.63) is 54.2 Å². The van der Waals surface area contributed by atoms with Crippen LogP contribution in [0.1, 0.15) is 24.8 Å². The molecule has 1 aromatic carbocycles. The number of aromatic nitrogens is 2. The Labute approximate surface area is 178 Å². The number of anilines is 1. The molecular weight excluding hydrogens is 400 g/mol. The van der Waals surface area contributed by atoms with Gasteiger partial charge in [-0.05, 0) is 36.3 Å². The number of hydrogen-bond acceptors (Lipinski definition) is 6. The van der Waals surface area contributed by atoms with Crippen LogP contribution in [0, 0.1) is 0 Å². The molecule has 0 spiro atoms. The number of thiazole rings is 1. The first-order valence-corrected chi connectivity index (χ1v) is 10.9. The number of nitrogens with one attached hydrogen (secondary N) is 1. The van der Waals surface area contributed by atoms with E-state index in [1.807, 2.05) is 36.4 Å². The average Bonchev–Trinajstić information content (AvgIpc) is 3.15. The number of para-hydroxylation sites is 1. The highest BCUT2D eigenvalue weighted by Crippen LogP contribution is 2.34. The van der Waals surface area contributed by atoms with Gasteiger partial charge in [0, 0.05) is 43.7 Å². The fourth-order valence-corrected chi connectivity index (χ4v) is 4.81. The molecule has 0 radical (unpaired) electrons. The normalized spacial score (nSPS) is 21.1. The van der Waals surface area contributed by atoms with Gasteiger partial charge in [0.15, 0.2) is 5.13 Å². The Morgan fingerprint density at radius 3 is 2.87 bits per heavy atom. The van der Waals surface area contributed by atoms with Crippen molar-refractivity contribution in [1.82, 2.24) is 14.9 Å². The molecule has 2 aromatic heterocycles. The Morgan fingerprint density at radius 2 is 2.10 bits per heavy atom. The smallest absolute Gasteiger partial charge is 0.407 e. The molecule has 1 aliphatic heterocycles. The zero-order valence-corrected chi connectivity index (χ0v) is 17.1. The minimum atomic E-state index is -0.880. The van der Waals surface area contributed by atoms with Gasteiger partial charge in [-0.15, -0.1) is 0 Å². The van der Waals surface area contributed by atoms with E-state index in [0.29, 0.717) is 31.4 Å². The molecule has 5 rings (SSSR count). The van der Waals surface area contributed by atoms with E-state index in [4.69, 9.17) is 9.84 Å². The Hall–Kier alpha value is -3.13. The van der Waals surface area contributed by atoms with Gasteiger partial charge < -0.3 is 20.1 Å². The van der Waals surface area contributed by atoms with Gasteiger partial charge in [0.05, 0.1) is 10.2 Å². The highest BCUT2D eigenvalue weighted by molar-refractivity contribution is 7.22. The monoisotopic (exact) mass is 422 g/mol. The molecule has 0 saturated heterocycles. The van der Waals surface area contributed by atoms with Crippen LogP contribution in [0.25, 0.3) is 15.8 Å². The number of nitrogens with zero attached hydrogens (tertiary/aromatic N) is 3. The second-order valence-electron chi connectivity index (χ2n) is 7.60. The summed E-state index contributed by atoms with van der Waals surface area (Å²) >= 11 is 1.67. The van der Waals surface area contributed by atoms with Crippen molar-refractivity contribution in [3.8, 4) is 5.88 Å². The molecule has 1 amide bonds. The van der Waals surface area contributed by atoms with Crippen LogP contribution in [0.5, 0.6) is 5.88 Å². The molecule has 30 heavy (non-hydrogen) atoms. The molecule has 3 heterocycles. The van der Waals surface area contributed by atoms with Crippen LogP contribution in [-0.4, -0.2) is 51.3 Å². The van der Waals surface area contributed by atoms with Crippen LogP contribution in [0.15, 0.2) is 48.7 Å². The van der Waals surface area contributed by atoms with E-state index in [1.54, 1.807) is 17.5 Å². The number of benzene rings is 1. The molecule has 0 atom stereocenters. The molecule has 0 unspecified atom stereocenters. The summed E-state index contributed by atoms with van der Waals surface area (Å²) in [7, 11) is 0. The van der Waals surface area contributed by atoms with Crippen molar-refractivity contribution in [2.45, 2.75) is 31.4 Å². The van der Waals surface area contributed by atoms with E-state index in [0.717, 1.165) is 34.6 Å². The van der Waals surface area contributed by atoms with Gasteiger partial charge in [-0.3, -0.25) is 0 Å². The second-order valence-corrected chi connectivity index (χ2v) is 8.63. The molecule has 3 aromatic rings. The van der Waals surface area contributed by atoms with Crippen LogP contribution < -0.4 is 10.1 Å². The number of amides is 1. The maximum atomic E-state index is 11.1. The predicted octanol–water partition coefficient (Wildman–Crippen LogP) is 4.48. The molecule has 2 N–H and O–H groups in total. The van der Waals surface area contributed by atoms with Crippen molar-refractivity contribution in [3.63, 3.8) is 0 Å². The summed E-state index contributed by atoms with van der Waals surface area (Å²) in [6, 6.07) is 12.4. The first-order chi connectivity index (χ1) is 14.7. The lowest BCUT2D eigenvalue weighted by Crippen LogP contribution is -2.42. The minimum Gasteiger partial charge on any atom is -0.474 e. The van der Waals surface area contributed by atoms with Crippen molar-refractivity contribution < 1.29 is 14.6 Å². The maximum absolute atomic E-state index is 11.1. The molecule has 8 heteroatoms. The third kappa shape index (κ3) is 3.82. The highest BCUT2D eigenvalue weighted by Gasteiger charge is 2.32. The number of rotatable bonds is 5. The quantitative estimate of drug-likeness (QED) is 0.630. The van der Waals surface area contributed by atoms with Gasteiger partial charge >= 0.3 is 6.09 Å². The number of hydrogen-bond donors (Lipinski definition) is 2. The SMILES string of the molecule is O=C(O)N1CC=C(c2cccnc2OC2CC(Nc3nc4ccccc4s3)C2)CC1. The zero-order chi connectivity index (χ0) is 20.5. The van der Waals surface area contributed by atoms with E-state index in [9.17, 15) is 4.79 Å². The molecule has 1 fully saturated rings. The van der Waals surface area contributed by atoms with Crippen LogP contribution in [0.3, 0.4) is 0 Å². The predicted molar refractivity (Wildman–Crippen MR) is 117 cm³/mol. The third-order valence-corrected chi connectivity index (χ3v) is 6.56. The fraction of sp³-hybridized carbons (Fsp3) is 0.318. The van der Waals surface area contributed by atoms with Crippen molar-refractivity contribution in [1.29, 1.82) is 0 Å². The maximum Gasteiger partial charge on any atom is 0.407 e. The van der Waals surface area contributed by atoms with Gasteiger partial charge in [-0.2, -0.15) is 0 Å². The minimum absolute atomic E-state index is 0.116. The lowest BCUT2D eigenvalue weighted by molar-refractivity contribution is 0.102. The first kappa shape index (κ1) is 18.9. The second kappa shape index (κ2) is 7.95. The largest absolute Gasteiger partial charge is 0.474 e. The van der Waals surface area contributed by atoms with Crippen molar-refractivity contribution >= 4 is 38.4 Å². The summed E-state index contributed by atoms with van der Waals surface area (Å²) in [4.78, 5) is 21.6. The number of carbonyl (C=O) groups is 1. The molecule has 7 nitrogen and oxygen atoms in total. The number of carboxylic acid groups (broad SMARTS) is 1. The number of fused-ring (bicyclic) bond motifs is 1. The van der Waals surface area contributed by atoms with Gasteiger partial charge in [0.25, 0.3) is 0 Å². The number of ether oxygens (including phenoxy) is 1. The standard InChI is InChI=1S/C22H22N4O3S/c27-22(28)26-10-7-14(8-11-26)17-4-3-9-23-20(17)29-16-12-15(13-16)24-21-25-18-5-1-2-6-19(18)30-21/h1-7,9,15-16H,8,10-13H2,(H,24,25)(H,27,28). The molecule has 2 aliphatic rings. The molecule has 0 bridgehead atoms. The molecular formula is C22H22N4O3S. The van der Waals surface area contributed by atoms with Crippen LogP contribution >= 0.6 is 11.3 Å². The van der Waals surface area contributed by atoms with E-state index in [1.165, 1.54) is 9.60 Å². The van der Waals surface area contributed by atoms with E-state index in [2.05, 4.69) is 21.4 Å². The lowest BCUT2D eigenvalue weighted by Gasteiger charge is -2.36. The van der Waals surface area contributed by atoms with Crippen molar-refractivity contribution in [2.24, 2.45) is 0 Å². The molecule has 154 valence electrons. The molecule has 1 aliphatic carbocycles. The summed E-state index contributed by atoms with van der Waals surface area (Å²) in [5.74, 6) is 0.635. The summed E-state index contributed by atoms with van der Waals surface area (Å²) in [6.07, 6.45) is 5.40. The Balaban J connectivity index is 1.20. The summed E-state index contributed by atoms with van der Waals surface area (Å²) in [6.45, 7) is 0.893. The van der Waals surface area contributed by atoms with E-state index < -0.39 is 6.09 Å². The zero-order valence-electron chi connectivity index (χ0n) is 16.3. The van der Waals surface area contributed by atoms with Crippen molar-refractivity contribution in [2.75, 3.05) is 18.4 Å². The Bertz CT molecular complexity index is 1070. The number of pyridine rings is 1. The topological polar surface area (TPSA) is 87.6 Å². The van der Waals surface area contributed by atoms with Crippen LogP contribution in [-0.2, 0) is 0 Å². The summed E-state index contributed by atoms with van der Waals surface area (Å²) in [5.41, 5.74) is 3.08. The third-order valence-electron chi connectivity index (χ3n) is 5.59. The van der Waals surface area contributed by atoms with E-state index >= 15 is 0 Å². The van der Waals surface area contributed by atoms with Gasteiger partial charge in [-0.1, -0.05) is 29.5 Å².